The van der Waals surface area contributed by atoms with Crippen LogP contribution < -0.4 is 10.0 Å². The quantitative estimate of drug-likeness (QED) is 0.727. The van der Waals surface area contributed by atoms with Crippen LogP contribution in [0.2, 0.25) is 0 Å². The molecule has 0 bridgehead atoms. The van der Waals surface area contributed by atoms with Crippen molar-refractivity contribution in [3.63, 3.8) is 0 Å². The van der Waals surface area contributed by atoms with E-state index in [0.29, 0.717) is 6.54 Å². The molecule has 0 atom stereocenters. The van der Waals surface area contributed by atoms with E-state index in [4.69, 9.17) is 0 Å². The molecule has 20 heavy (non-hydrogen) atoms. The fourth-order valence-corrected chi connectivity index (χ4v) is 4.14. The van der Waals surface area contributed by atoms with Crippen molar-refractivity contribution < 1.29 is 13.2 Å². The first kappa shape index (κ1) is 15.7. The van der Waals surface area contributed by atoms with Crippen LogP contribution >= 0.6 is 0 Å². The van der Waals surface area contributed by atoms with Gasteiger partial charge in [0, 0.05) is 25.2 Å². The molecule has 0 spiro atoms. The Kier molecular flexibility index (Phi) is 5.04. The minimum Gasteiger partial charge on any atom is -0.353 e. The highest BCUT2D eigenvalue weighted by Crippen LogP contribution is 2.28. The lowest BCUT2D eigenvalue weighted by Gasteiger charge is -2.31. The summed E-state index contributed by atoms with van der Waals surface area (Å²) < 4.78 is 26.5. The van der Waals surface area contributed by atoms with Crippen LogP contribution in [0.15, 0.2) is 0 Å². The van der Waals surface area contributed by atoms with E-state index in [0.717, 1.165) is 38.8 Å². The number of amides is 1. The van der Waals surface area contributed by atoms with Crippen LogP contribution in [0, 0.1) is 0 Å². The summed E-state index contributed by atoms with van der Waals surface area (Å²) in [4.78, 5) is 13.7. The number of rotatable bonds is 6. The van der Waals surface area contributed by atoms with Crippen LogP contribution in [0.3, 0.4) is 0 Å². The Balaban J connectivity index is 1.71. The number of hydrogen-bond acceptors (Lipinski definition) is 4. The summed E-state index contributed by atoms with van der Waals surface area (Å²) in [6.45, 7) is 5.82. The Hall–Kier alpha value is -0.660. The fourth-order valence-electron chi connectivity index (χ4n) is 2.49. The smallest absolute Gasteiger partial charge is 0.234 e. The van der Waals surface area contributed by atoms with Gasteiger partial charge in [0.05, 0.1) is 11.8 Å². The van der Waals surface area contributed by atoms with Gasteiger partial charge >= 0.3 is 0 Å². The number of piperidine rings is 1. The molecule has 1 saturated heterocycles. The molecule has 1 aliphatic heterocycles. The SMILES string of the molecule is CC(C)NC(=O)CN1CCC(NS(=O)(=O)C2CC2)CC1. The third kappa shape index (κ3) is 4.71. The maximum absolute atomic E-state index is 11.9. The van der Waals surface area contributed by atoms with Gasteiger partial charge in [-0.3, -0.25) is 9.69 Å². The van der Waals surface area contributed by atoms with Gasteiger partial charge in [-0.25, -0.2) is 13.1 Å². The topological polar surface area (TPSA) is 78.5 Å². The van der Waals surface area contributed by atoms with Crippen LogP contribution in [-0.2, 0) is 14.8 Å². The molecule has 0 aromatic carbocycles. The van der Waals surface area contributed by atoms with Crippen LogP contribution in [0.1, 0.15) is 39.5 Å². The molecule has 6 nitrogen and oxygen atoms in total. The molecule has 1 aliphatic carbocycles. The van der Waals surface area contributed by atoms with E-state index < -0.39 is 10.0 Å². The molecule has 1 amide bonds. The molecule has 0 radical (unpaired) electrons. The van der Waals surface area contributed by atoms with Gasteiger partial charge in [-0.1, -0.05) is 0 Å². The highest BCUT2D eigenvalue weighted by Gasteiger charge is 2.37. The van der Waals surface area contributed by atoms with E-state index in [9.17, 15) is 13.2 Å². The summed E-state index contributed by atoms with van der Waals surface area (Å²) >= 11 is 0. The molecule has 2 N–H and O–H groups in total. The lowest BCUT2D eigenvalue weighted by molar-refractivity contribution is -0.123. The summed E-state index contributed by atoms with van der Waals surface area (Å²) in [7, 11) is -3.09. The standard InChI is InChI=1S/C13H25N3O3S/c1-10(2)14-13(17)9-16-7-5-11(6-8-16)15-20(18,19)12-3-4-12/h10-12,15H,3-9H2,1-2H3,(H,14,17). The van der Waals surface area contributed by atoms with Crippen molar-refractivity contribution in [1.82, 2.24) is 14.9 Å². The zero-order valence-corrected chi connectivity index (χ0v) is 13.1. The van der Waals surface area contributed by atoms with Gasteiger partial charge in [0.2, 0.25) is 15.9 Å². The first-order valence-electron chi connectivity index (χ1n) is 7.39. The van der Waals surface area contributed by atoms with Crippen molar-refractivity contribution in [3.8, 4) is 0 Å². The molecule has 2 aliphatic rings. The van der Waals surface area contributed by atoms with Gasteiger partial charge in [-0.15, -0.1) is 0 Å². The van der Waals surface area contributed by atoms with Crippen molar-refractivity contribution >= 4 is 15.9 Å². The second-order valence-electron chi connectivity index (χ2n) is 6.13. The zero-order valence-electron chi connectivity index (χ0n) is 12.3. The third-order valence-electron chi connectivity index (χ3n) is 3.70. The molecule has 1 heterocycles. The number of sulfonamides is 1. The average molecular weight is 303 g/mol. The molecule has 0 unspecified atom stereocenters. The minimum atomic E-state index is -3.09. The molecular formula is C13H25N3O3S. The van der Waals surface area contributed by atoms with Gasteiger partial charge < -0.3 is 5.32 Å². The summed E-state index contributed by atoms with van der Waals surface area (Å²) in [6, 6.07) is 0.190. The van der Waals surface area contributed by atoms with Crippen LogP contribution in [0.4, 0.5) is 0 Å². The summed E-state index contributed by atoms with van der Waals surface area (Å²) in [5, 5.41) is 2.72. The second-order valence-corrected chi connectivity index (χ2v) is 8.13. The molecule has 0 aromatic rings. The predicted molar refractivity (Wildman–Crippen MR) is 77.8 cm³/mol. The monoisotopic (exact) mass is 303 g/mol. The Morgan fingerprint density at radius 1 is 1.20 bits per heavy atom. The van der Waals surface area contributed by atoms with Gasteiger partial charge in [0.15, 0.2) is 0 Å². The Bertz CT molecular complexity index is 438. The van der Waals surface area contributed by atoms with E-state index in [-0.39, 0.29) is 23.2 Å². The first-order chi connectivity index (χ1) is 9.37. The fraction of sp³-hybridized carbons (Fsp3) is 0.923. The van der Waals surface area contributed by atoms with E-state index in [1.807, 2.05) is 13.8 Å². The third-order valence-corrected chi connectivity index (χ3v) is 5.71. The zero-order chi connectivity index (χ0) is 14.8. The number of hydrogen-bond donors (Lipinski definition) is 2. The predicted octanol–water partition coefficient (Wildman–Crippen LogP) is 0.0572. The highest BCUT2D eigenvalue weighted by molar-refractivity contribution is 7.90. The lowest BCUT2D eigenvalue weighted by Crippen LogP contribution is -2.48. The van der Waals surface area contributed by atoms with Gasteiger partial charge in [0.1, 0.15) is 0 Å². The highest BCUT2D eigenvalue weighted by atomic mass is 32.2. The van der Waals surface area contributed by atoms with Crippen molar-refractivity contribution in [3.05, 3.63) is 0 Å². The molecule has 2 fully saturated rings. The van der Waals surface area contributed by atoms with Gasteiger partial charge in [0.25, 0.3) is 0 Å². The van der Waals surface area contributed by atoms with Crippen molar-refractivity contribution in [2.45, 2.75) is 56.9 Å². The van der Waals surface area contributed by atoms with Crippen molar-refractivity contribution in [2.75, 3.05) is 19.6 Å². The minimum absolute atomic E-state index is 0.0324. The number of carbonyl (C=O) groups excluding carboxylic acids is 1. The number of nitrogens with zero attached hydrogens (tertiary/aromatic N) is 1. The Morgan fingerprint density at radius 3 is 2.30 bits per heavy atom. The first-order valence-corrected chi connectivity index (χ1v) is 8.94. The van der Waals surface area contributed by atoms with Crippen LogP contribution in [-0.4, -0.2) is 56.2 Å². The lowest BCUT2D eigenvalue weighted by atomic mass is 10.1. The van der Waals surface area contributed by atoms with E-state index >= 15 is 0 Å². The van der Waals surface area contributed by atoms with Crippen LogP contribution in [0.5, 0.6) is 0 Å². The van der Waals surface area contributed by atoms with Gasteiger partial charge in [-0.2, -0.15) is 0 Å². The molecule has 2 rings (SSSR count). The largest absolute Gasteiger partial charge is 0.353 e. The summed E-state index contributed by atoms with van der Waals surface area (Å²) in [6.07, 6.45) is 3.15. The molecule has 7 heteroatoms. The summed E-state index contributed by atoms with van der Waals surface area (Å²) in [5.74, 6) is 0.0389. The van der Waals surface area contributed by atoms with E-state index in [1.54, 1.807) is 0 Å². The number of carbonyl (C=O) groups is 1. The summed E-state index contributed by atoms with van der Waals surface area (Å²) in [5.41, 5.74) is 0. The molecule has 1 saturated carbocycles. The van der Waals surface area contributed by atoms with Gasteiger partial charge in [-0.05, 0) is 39.5 Å². The van der Waals surface area contributed by atoms with E-state index in [1.165, 1.54) is 0 Å². The molecular weight excluding hydrogens is 278 g/mol. The average Bonchev–Trinajstić information content (AvgIpc) is 3.14. The molecule has 0 aromatic heterocycles. The van der Waals surface area contributed by atoms with E-state index in [2.05, 4.69) is 14.9 Å². The second kappa shape index (κ2) is 6.41. The normalized spacial score (nSPS) is 22.1. The maximum Gasteiger partial charge on any atom is 0.234 e. The Morgan fingerprint density at radius 2 is 1.80 bits per heavy atom. The Labute approximate surface area is 121 Å². The van der Waals surface area contributed by atoms with Crippen LogP contribution in [0.25, 0.3) is 0 Å². The number of likely N-dealkylation sites (tertiary alicyclic amines) is 1. The maximum atomic E-state index is 11.9. The molecule has 116 valence electrons. The number of nitrogens with one attached hydrogen (secondary N) is 2. The van der Waals surface area contributed by atoms with Crippen molar-refractivity contribution in [1.29, 1.82) is 0 Å². The van der Waals surface area contributed by atoms with Crippen molar-refractivity contribution in [2.24, 2.45) is 0 Å².